The number of nitrogens with zero attached hydrogens (tertiary/aromatic N) is 4. The van der Waals surface area contributed by atoms with Crippen LogP contribution in [0.15, 0.2) is 53.7 Å². The Morgan fingerprint density at radius 2 is 2.13 bits per heavy atom. The normalized spacial score (nSPS) is 11.3. The van der Waals surface area contributed by atoms with Crippen molar-refractivity contribution in [3.05, 3.63) is 70.4 Å². The highest BCUT2D eigenvalue weighted by atomic mass is 19.3. The highest BCUT2D eigenvalue weighted by molar-refractivity contribution is 5.84. The third-order valence-corrected chi connectivity index (χ3v) is 4.09. The SMILES string of the molecule is Cn1cc(-n2ccc(=O)c(Cc3cccc(NC(=O)OCC(F)(F)CN)c3)n2)cn1. The molecule has 9 nitrogen and oxygen atoms in total. The number of carbonyl (C=O) groups excluding carboxylic acids is 1. The van der Waals surface area contributed by atoms with E-state index in [1.165, 1.54) is 6.07 Å². The van der Waals surface area contributed by atoms with Crippen molar-refractivity contribution in [1.82, 2.24) is 19.6 Å². The second-order valence-electron chi connectivity index (χ2n) is 6.58. The quantitative estimate of drug-likeness (QED) is 0.603. The zero-order chi connectivity index (χ0) is 21.7. The van der Waals surface area contributed by atoms with Crippen LogP contribution in [-0.4, -0.2) is 44.7 Å². The number of amides is 1. The summed E-state index contributed by atoms with van der Waals surface area (Å²) < 4.78 is 33.8. The number of ether oxygens (including phenoxy) is 1. The van der Waals surface area contributed by atoms with Crippen LogP contribution < -0.4 is 16.5 Å². The van der Waals surface area contributed by atoms with E-state index in [1.807, 2.05) is 0 Å². The van der Waals surface area contributed by atoms with Crippen molar-refractivity contribution in [2.24, 2.45) is 12.8 Å². The van der Waals surface area contributed by atoms with Crippen molar-refractivity contribution in [3.8, 4) is 5.69 Å². The Bertz CT molecular complexity index is 1100. The molecule has 0 saturated heterocycles. The molecule has 2 heterocycles. The minimum absolute atomic E-state index is 0.204. The Labute approximate surface area is 170 Å². The van der Waals surface area contributed by atoms with E-state index in [-0.39, 0.29) is 11.8 Å². The van der Waals surface area contributed by atoms with Gasteiger partial charge in [0.25, 0.3) is 5.92 Å². The summed E-state index contributed by atoms with van der Waals surface area (Å²) in [4.78, 5) is 23.9. The van der Waals surface area contributed by atoms with Crippen LogP contribution in [0.3, 0.4) is 0 Å². The Kier molecular flexibility index (Phi) is 6.21. The van der Waals surface area contributed by atoms with E-state index in [9.17, 15) is 18.4 Å². The topological polar surface area (TPSA) is 117 Å². The molecule has 11 heteroatoms. The predicted octanol–water partition coefficient (Wildman–Crippen LogP) is 1.70. The first-order valence-electron chi connectivity index (χ1n) is 8.94. The zero-order valence-corrected chi connectivity index (χ0v) is 16.1. The summed E-state index contributed by atoms with van der Waals surface area (Å²) in [5.74, 6) is -3.29. The van der Waals surface area contributed by atoms with E-state index in [1.54, 1.807) is 59.3 Å². The summed E-state index contributed by atoms with van der Waals surface area (Å²) in [5.41, 5.74) is 6.68. The maximum atomic E-state index is 13.1. The molecule has 0 spiro atoms. The zero-order valence-electron chi connectivity index (χ0n) is 16.1. The fraction of sp³-hybridized carbons (Fsp3) is 0.263. The summed E-state index contributed by atoms with van der Waals surface area (Å²) in [6, 6.07) is 7.99. The number of rotatable bonds is 7. The van der Waals surface area contributed by atoms with E-state index < -0.39 is 25.2 Å². The van der Waals surface area contributed by atoms with E-state index in [0.717, 1.165) is 0 Å². The molecular weight excluding hydrogens is 398 g/mol. The van der Waals surface area contributed by atoms with Crippen LogP contribution in [0, 0.1) is 0 Å². The van der Waals surface area contributed by atoms with Gasteiger partial charge in [0.15, 0.2) is 6.61 Å². The number of aromatic nitrogens is 4. The minimum Gasteiger partial charge on any atom is -0.443 e. The van der Waals surface area contributed by atoms with Crippen LogP contribution in [-0.2, 0) is 18.2 Å². The first-order valence-corrected chi connectivity index (χ1v) is 8.94. The summed E-state index contributed by atoms with van der Waals surface area (Å²) in [6.45, 7) is -2.03. The molecule has 1 amide bonds. The smallest absolute Gasteiger partial charge is 0.411 e. The summed E-state index contributed by atoms with van der Waals surface area (Å²) in [6.07, 6.45) is 4.10. The third-order valence-electron chi connectivity index (χ3n) is 4.09. The van der Waals surface area contributed by atoms with E-state index in [0.29, 0.717) is 22.6 Å². The monoisotopic (exact) mass is 418 g/mol. The lowest BCUT2D eigenvalue weighted by Crippen LogP contribution is -2.34. The molecular formula is C19H20F2N6O3. The van der Waals surface area contributed by atoms with Gasteiger partial charge in [-0.3, -0.25) is 14.8 Å². The summed E-state index contributed by atoms with van der Waals surface area (Å²) in [7, 11) is 1.77. The summed E-state index contributed by atoms with van der Waals surface area (Å²) >= 11 is 0. The molecule has 2 aromatic heterocycles. The van der Waals surface area contributed by atoms with Crippen molar-refractivity contribution in [2.75, 3.05) is 18.5 Å². The van der Waals surface area contributed by atoms with Crippen LogP contribution >= 0.6 is 0 Å². The second-order valence-corrected chi connectivity index (χ2v) is 6.58. The molecule has 3 rings (SSSR count). The highest BCUT2D eigenvalue weighted by Crippen LogP contribution is 2.15. The van der Waals surface area contributed by atoms with Gasteiger partial charge in [0.05, 0.1) is 18.9 Å². The van der Waals surface area contributed by atoms with Crippen LogP contribution in [0.5, 0.6) is 0 Å². The van der Waals surface area contributed by atoms with Crippen LogP contribution in [0.1, 0.15) is 11.3 Å². The molecule has 0 bridgehead atoms. The standard InChI is InChI=1S/C19H20F2N6O3/c1-26-10-15(9-23-26)27-6-5-17(28)16(25-27)8-13-3-2-4-14(7-13)24-18(29)30-12-19(20,21)11-22/h2-7,9-10H,8,11-12,22H2,1H3,(H,24,29). The van der Waals surface area contributed by atoms with Gasteiger partial charge in [-0.15, -0.1) is 0 Å². The molecule has 3 N–H and O–H groups in total. The predicted molar refractivity (Wildman–Crippen MR) is 105 cm³/mol. The second kappa shape index (κ2) is 8.82. The van der Waals surface area contributed by atoms with Crippen molar-refractivity contribution in [1.29, 1.82) is 0 Å². The average Bonchev–Trinajstić information content (AvgIpc) is 3.15. The van der Waals surface area contributed by atoms with E-state index in [2.05, 4.69) is 20.3 Å². The van der Waals surface area contributed by atoms with Gasteiger partial charge in [-0.2, -0.15) is 10.2 Å². The molecule has 0 aliphatic rings. The van der Waals surface area contributed by atoms with Crippen molar-refractivity contribution in [2.45, 2.75) is 12.3 Å². The highest BCUT2D eigenvalue weighted by Gasteiger charge is 2.28. The number of hydrogen-bond acceptors (Lipinski definition) is 6. The van der Waals surface area contributed by atoms with Crippen molar-refractivity contribution >= 4 is 11.8 Å². The fourth-order valence-electron chi connectivity index (χ4n) is 2.58. The molecule has 0 atom stereocenters. The fourth-order valence-corrected chi connectivity index (χ4v) is 2.58. The number of benzene rings is 1. The number of nitrogens with two attached hydrogens (primary N) is 1. The first kappa shape index (κ1) is 21.1. The lowest BCUT2D eigenvalue weighted by Gasteiger charge is -2.14. The molecule has 0 radical (unpaired) electrons. The Morgan fingerprint density at radius 3 is 2.83 bits per heavy atom. The number of aryl methyl sites for hydroxylation is 1. The van der Waals surface area contributed by atoms with Gasteiger partial charge in [-0.25, -0.2) is 18.3 Å². The third kappa shape index (κ3) is 5.47. The molecule has 0 fully saturated rings. The van der Waals surface area contributed by atoms with Crippen molar-refractivity contribution < 1.29 is 18.3 Å². The number of carbonyl (C=O) groups is 1. The summed E-state index contributed by atoms with van der Waals surface area (Å²) in [5, 5.41) is 10.8. The molecule has 1 aromatic carbocycles. The largest absolute Gasteiger partial charge is 0.443 e. The Hall–Kier alpha value is -3.60. The number of halogens is 2. The van der Waals surface area contributed by atoms with Gasteiger partial charge >= 0.3 is 6.09 Å². The Morgan fingerprint density at radius 1 is 1.33 bits per heavy atom. The van der Waals surface area contributed by atoms with Gasteiger partial charge < -0.3 is 10.5 Å². The molecule has 158 valence electrons. The van der Waals surface area contributed by atoms with Gasteiger partial charge in [0, 0.05) is 31.4 Å². The minimum atomic E-state index is -3.29. The first-order chi connectivity index (χ1) is 14.3. The maximum Gasteiger partial charge on any atom is 0.411 e. The van der Waals surface area contributed by atoms with Gasteiger partial charge in [-0.05, 0) is 17.7 Å². The molecule has 0 saturated carbocycles. The van der Waals surface area contributed by atoms with E-state index >= 15 is 0 Å². The lowest BCUT2D eigenvalue weighted by atomic mass is 10.1. The van der Waals surface area contributed by atoms with Gasteiger partial charge in [0.2, 0.25) is 5.43 Å². The van der Waals surface area contributed by atoms with Gasteiger partial charge in [-0.1, -0.05) is 12.1 Å². The molecule has 0 aliphatic carbocycles. The van der Waals surface area contributed by atoms with Crippen molar-refractivity contribution in [3.63, 3.8) is 0 Å². The molecule has 0 unspecified atom stereocenters. The molecule has 3 aromatic rings. The molecule has 0 aliphatic heterocycles. The number of alkyl halides is 2. The van der Waals surface area contributed by atoms with E-state index in [4.69, 9.17) is 5.73 Å². The molecule has 30 heavy (non-hydrogen) atoms. The number of hydrogen-bond donors (Lipinski definition) is 2. The van der Waals surface area contributed by atoms with Crippen LogP contribution in [0.4, 0.5) is 19.3 Å². The Balaban J connectivity index is 1.71. The number of anilines is 1. The van der Waals surface area contributed by atoms with Crippen LogP contribution in [0.2, 0.25) is 0 Å². The maximum absolute atomic E-state index is 13.1. The number of nitrogens with one attached hydrogen (secondary N) is 1. The van der Waals surface area contributed by atoms with Crippen LogP contribution in [0.25, 0.3) is 5.69 Å². The van der Waals surface area contributed by atoms with Gasteiger partial charge in [0.1, 0.15) is 11.4 Å². The average molecular weight is 418 g/mol. The lowest BCUT2D eigenvalue weighted by molar-refractivity contribution is -0.0439.